The van der Waals surface area contributed by atoms with Crippen LogP contribution >= 0.6 is 0 Å². The Labute approximate surface area is 194 Å². The molecule has 0 amide bonds. The Morgan fingerprint density at radius 2 is 1.68 bits per heavy atom. The zero-order valence-corrected chi connectivity index (χ0v) is 18.5. The van der Waals surface area contributed by atoms with E-state index in [-0.39, 0.29) is 23.4 Å². The summed E-state index contributed by atoms with van der Waals surface area (Å²) in [5, 5.41) is 10.6. The van der Waals surface area contributed by atoms with Gasteiger partial charge >= 0.3 is 0 Å². The lowest BCUT2D eigenvalue weighted by Gasteiger charge is -2.31. The first-order chi connectivity index (χ1) is 16.4. The summed E-state index contributed by atoms with van der Waals surface area (Å²) in [7, 11) is 3.28. The minimum Gasteiger partial charge on any atom is -0.501 e. The highest BCUT2D eigenvalue weighted by Crippen LogP contribution is 2.33. The maximum absolute atomic E-state index is 14.1. The van der Waals surface area contributed by atoms with Gasteiger partial charge in [-0.3, -0.25) is 9.36 Å². The molecule has 0 fully saturated rings. The van der Waals surface area contributed by atoms with Crippen molar-refractivity contribution in [2.45, 2.75) is 6.04 Å². The molecule has 3 aromatic carbocycles. The number of hydrogen-bond donors (Lipinski definition) is 1. The van der Waals surface area contributed by atoms with Crippen LogP contribution in [-0.4, -0.2) is 26.7 Å². The van der Waals surface area contributed by atoms with E-state index in [9.17, 15) is 14.3 Å². The molecule has 1 unspecified atom stereocenters. The third kappa shape index (κ3) is 3.69. The lowest BCUT2D eigenvalue weighted by atomic mass is 9.97. The molecular formula is C26H21FN4O3. The van der Waals surface area contributed by atoms with Crippen LogP contribution in [0, 0.1) is 5.82 Å². The molecule has 0 bridgehead atoms. The third-order valence-electron chi connectivity index (χ3n) is 5.72. The predicted molar refractivity (Wildman–Crippen MR) is 127 cm³/mol. The SMILES string of the molecule is CN(c1nc(-c2nc3ccccc3o2)c(O)c(=O)n1C)C(c1ccccc1)c1cccc(F)c1. The molecule has 8 heteroatoms. The smallest absolute Gasteiger partial charge is 0.297 e. The van der Waals surface area contributed by atoms with E-state index in [0.717, 1.165) is 5.56 Å². The average molecular weight is 456 g/mol. The Kier molecular flexibility index (Phi) is 5.33. The van der Waals surface area contributed by atoms with Crippen LogP contribution in [0.1, 0.15) is 17.2 Å². The molecule has 170 valence electrons. The van der Waals surface area contributed by atoms with Crippen LogP contribution in [0.25, 0.3) is 22.7 Å². The Hall–Kier alpha value is -4.46. The standard InChI is InChI=1S/C26H21FN4O3/c1-30(22(16-9-4-3-5-10-16)17-11-8-12-18(27)15-17)26-29-21(23(32)25(33)31(26)2)24-28-19-13-6-7-14-20(19)34-24/h3-15,22,32H,1-2H3. The first-order valence-corrected chi connectivity index (χ1v) is 10.6. The summed E-state index contributed by atoms with van der Waals surface area (Å²) in [4.78, 5) is 23.7. The normalized spacial score (nSPS) is 12.1. The molecule has 0 aliphatic carbocycles. The lowest BCUT2D eigenvalue weighted by Crippen LogP contribution is -2.32. The molecule has 0 saturated heterocycles. The van der Waals surface area contributed by atoms with Gasteiger partial charge in [0.05, 0.1) is 6.04 Å². The van der Waals surface area contributed by atoms with E-state index in [0.29, 0.717) is 16.7 Å². The van der Waals surface area contributed by atoms with Gasteiger partial charge in [-0.05, 0) is 35.4 Å². The van der Waals surface area contributed by atoms with Gasteiger partial charge in [0.1, 0.15) is 11.3 Å². The van der Waals surface area contributed by atoms with Crippen LogP contribution in [0.5, 0.6) is 5.75 Å². The molecule has 1 atom stereocenters. The first-order valence-electron chi connectivity index (χ1n) is 10.6. The summed E-state index contributed by atoms with van der Waals surface area (Å²) < 4.78 is 21.2. The monoisotopic (exact) mass is 456 g/mol. The molecule has 0 radical (unpaired) electrons. The number of fused-ring (bicyclic) bond motifs is 1. The molecule has 34 heavy (non-hydrogen) atoms. The van der Waals surface area contributed by atoms with E-state index < -0.39 is 17.4 Å². The number of aromatic hydroxyl groups is 1. The first kappa shape index (κ1) is 21.4. The topological polar surface area (TPSA) is 84.4 Å². The van der Waals surface area contributed by atoms with Gasteiger partial charge in [-0.25, -0.2) is 14.4 Å². The van der Waals surface area contributed by atoms with Crippen molar-refractivity contribution in [1.82, 2.24) is 14.5 Å². The van der Waals surface area contributed by atoms with Crippen molar-refractivity contribution >= 4 is 17.0 Å². The van der Waals surface area contributed by atoms with Gasteiger partial charge in [0.15, 0.2) is 11.3 Å². The number of anilines is 1. The number of benzene rings is 3. The van der Waals surface area contributed by atoms with Crippen molar-refractivity contribution in [2.75, 3.05) is 11.9 Å². The second-order valence-corrected chi connectivity index (χ2v) is 7.94. The van der Waals surface area contributed by atoms with Crippen molar-refractivity contribution in [3.05, 3.63) is 106 Å². The van der Waals surface area contributed by atoms with Crippen LogP contribution in [0.15, 0.2) is 88.1 Å². The largest absolute Gasteiger partial charge is 0.501 e. The highest BCUT2D eigenvalue weighted by atomic mass is 19.1. The number of rotatable bonds is 5. The average Bonchev–Trinajstić information content (AvgIpc) is 3.27. The molecule has 5 aromatic rings. The van der Waals surface area contributed by atoms with Gasteiger partial charge in [0.2, 0.25) is 11.7 Å². The highest BCUT2D eigenvalue weighted by molar-refractivity contribution is 5.76. The summed E-state index contributed by atoms with van der Waals surface area (Å²) in [5.74, 6) is -0.647. The minimum absolute atomic E-state index is 0.0352. The summed E-state index contributed by atoms with van der Waals surface area (Å²) in [5.41, 5.74) is 1.93. The Morgan fingerprint density at radius 3 is 2.41 bits per heavy atom. The fraction of sp³-hybridized carbons (Fsp3) is 0.115. The van der Waals surface area contributed by atoms with E-state index >= 15 is 0 Å². The van der Waals surface area contributed by atoms with Gasteiger partial charge < -0.3 is 14.4 Å². The zero-order chi connectivity index (χ0) is 23.8. The van der Waals surface area contributed by atoms with E-state index in [1.807, 2.05) is 42.5 Å². The van der Waals surface area contributed by atoms with Gasteiger partial charge in [0, 0.05) is 14.1 Å². The molecule has 7 nitrogen and oxygen atoms in total. The number of aromatic nitrogens is 3. The highest BCUT2D eigenvalue weighted by Gasteiger charge is 2.27. The summed E-state index contributed by atoms with van der Waals surface area (Å²) in [6.45, 7) is 0. The van der Waals surface area contributed by atoms with E-state index in [1.165, 1.54) is 23.7 Å². The Bertz CT molecular complexity index is 1510. The molecule has 0 saturated carbocycles. The van der Waals surface area contributed by atoms with Crippen LogP contribution in [0.2, 0.25) is 0 Å². The molecule has 0 spiro atoms. The molecule has 1 N–H and O–H groups in total. The van der Waals surface area contributed by atoms with Gasteiger partial charge in [-0.1, -0.05) is 54.6 Å². The van der Waals surface area contributed by atoms with Crippen LogP contribution in [0.3, 0.4) is 0 Å². The van der Waals surface area contributed by atoms with Gasteiger partial charge in [0.25, 0.3) is 11.4 Å². The van der Waals surface area contributed by atoms with E-state index in [1.54, 1.807) is 36.2 Å². The van der Waals surface area contributed by atoms with Gasteiger partial charge in [-0.2, -0.15) is 0 Å². The molecule has 2 heterocycles. The van der Waals surface area contributed by atoms with E-state index in [2.05, 4.69) is 9.97 Å². The molecule has 2 aromatic heterocycles. The minimum atomic E-state index is -0.653. The molecule has 0 aliphatic rings. The van der Waals surface area contributed by atoms with Crippen molar-refractivity contribution in [1.29, 1.82) is 0 Å². The number of para-hydroxylation sites is 2. The quantitative estimate of drug-likeness (QED) is 0.414. The van der Waals surface area contributed by atoms with Gasteiger partial charge in [-0.15, -0.1) is 0 Å². The number of nitrogens with zero attached hydrogens (tertiary/aromatic N) is 4. The van der Waals surface area contributed by atoms with Crippen LogP contribution < -0.4 is 10.5 Å². The molecule has 5 rings (SSSR count). The Balaban J connectivity index is 1.69. The van der Waals surface area contributed by atoms with Crippen LogP contribution in [0.4, 0.5) is 10.3 Å². The number of oxazole rings is 1. The lowest BCUT2D eigenvalue weighted by molar-refractivity contribution is 0.455. The second-order valence-electron chi connectivity index (χ2n) is 7.94. The van der Waals surface area contributed by atoms with Crippen molar-refractivity contribution < 1.29 is 13.9 Å². The third-order valence-corrected chi connectivity index (χ3v) is 5.72. The molecular weight excluding hydrogens is 435 g/mol. The summed E-state index contributed by atoms with van der Waals surface area (Å²) in [6.07, 6.45) is 0. The fourth-order valence-corrected chi connectivity index (χ4v) is 4.08. The van der Waals surface area contributed by atoms with Crippen molar-refractivity contribution in [3.8, 4) is 17.3 Å². The number of halogens is 1. The van der Waals surface area contributed by atoms with Crippen LogP contribution in [-0.2, 0) is 7.05 Å². The van der Waals surface area contributed by atoms with Crippen molar-refractivity contribution in [3.63, 3.8) is 0 Å². The fourth-order valence-electron chi connectivity index (χ4n) is 4.08. The zero-order valence-electron chi connectivity index (χ0n) is 18.5. The Morgan fingerprint density at radius 1 is 0.971 bits per heavy atom. The summed E-state index contributed by atoms with van der Waals surface area (Å²) >= 11 is 0. The maximum atomic E-state index is 14.1. The summed E-state index contributed by atoms with van der Waals surface area (Å²) in [6, 6.07) is 22.5. The van der Waals surface area contributed by atoms with Crippen molar-refractivity contribution in [2.24, 2.45) is 7.05 Å². The predicted octanol–water partition coefficient (Wildman–Crippen LogP) is 4.66. The maximum Gasteiger partial charge on any atom is 0.297 e. The molecule has 0 aliphatic heterocycles. The van der Waals surface area contributed by atoms with E-state index in [4.69, 9.17) is 4.42 Å². The number of hydrogen-bond acceptors (Lipinski definition) is 6. The second kappa shape index (κ2) is 8.47.